The number of rotatable bonds is 4. The second-order valence-electron chi connectivity index (χ2n) is 6.16. The zero-order chi connectivity index (χ0) is 18.2. The van der Waals surface area contributed by atoms with E-state index in [0.717, 1.165) is 27.0 Å². The Bertz CT molecular complexity index is 1250. The molecule has 5 aromatic rings. The first-order valence-electron chi connectivity index (χ1n) is 8.52. The summed E-state index contributed by atoms with van der Waals surface area (Å²) in [5.41, 5.74) is 3.71. The van der Waals surface area contributed by atoms with Gasteiger partial charge in [-0.05, 0) is 29.6 Å². The van der Waals surface area contributed by atoms with Gasteiger partial charge >= 0.3 is 0 Å². The van der Waals surface area contributed by atoms with Gasteiger partial charge in [0.25, 0.3) is 5.91 Å². The highest BCUT2D eigenvalue weighted by Crippen LogP contribution is 2.27. The number of imidazole rings is 1. The van der Waals surface area contributed by atoms with Crippen molar-refractivity contribution in [1.82, 2.24) is 25.5 Å². The molecule has 0 aliphatic heterocycles. The highest BCUT2D eigenvalue weighted by molar-refractivity contribution is 7.09. The van der Waals surface area contributed by atoms with Gasteiger partial charge < -0.3 is 10.3 Å². The Kier molecular flexibility index (Phi) is 3.72. The highest BCUT2D eigenvalue weighted by atomic mass is 32.1. The number of hydrogen-bond donors (Lipinski definition) is 3. The van der Waals surface area contributed by atoms with Crippen molar-refractivity contribution in [2.75, 3.05) is 0 Å². The van der Waals surface area contributed by atoms with Crippen molar-refractivity contribution in [2.24, 2.45) is 0 Å². The maximum absolute atomic E-state index is 12.7. The second-order valence-corrected chi connectivity index (χ2v) is 7.20. The number of thiophene rings is 1. The van der Waals surface area contributed by atoms with Crippen molar-refractivity contribution >= 4 is 39.2 Å². The monoisotopic (exact) mass is 373 g/mol. The summed E-state index contributed by atoms with van der Waals surface area (Å²) in [5.74, 6) is 0.511. The molecule has 0 atom stereocenters. The normalized spacial score (nSPS) is 11.3. The first-order chi connectivity index (χ1) is 13.3. The molecule has 0 unspecified atom stereocenters. The van der Waals surface area contributed by atoms with Crippen LogP contribution in [-0.4, -0.2) is 26.1 Å². The van der Waals surface area contributed by atoms with Crippen LogP contribution in [0.3, 0.4) is 0 Å². The third kappa shape index (κ3) is 2.78. The molecule has 0 radical (unpaired) electrons. The molecule has 0 fully saturated rings. The average molecular weight is 373 g/mol. The molecule has 7 heteroatoms. The van der Waals surface area contributed by atoms with Crippen LogP contribution in [0.15, 0.2) is 60.0 Å². The molecule has 5 rings (SSSR count). The molecule has 2 aromatic carbocycles. The van der Waals surface area contributed by atoms with Gasteiger partial charge in [0.1, 0.15) is 5.69 Å². The van der Waals surface area contributed by atoms with E-state index in [0.29, 0.717) is 23.4 Å². The van der Waals surface area contributed by atoms with Crippen molar-refractivity contribution in [3.8, 4) is 11.5 Å². The summed E-state index contributed by atoms with van der Waals surface area (Å²) in [7, 11) is 0. The minimum Gasteiger partial charge on any atom is -0.347 e. The number of amides is 1. The fourth-order valence-corrected chi connectivity index (χ4v) is 3.80. The van der Waals surface area contributed by atoms with Gasteiger partial charge in [-0.1, -0.05) is 30.3 Å². The molecule has 3 heterocycles. The Labute approximate surface area is 158 Å². The molecule has 0 saturated carbocycles. The van der Waals surface area contributed by atoms with Crippen molar-refractivity contribution < 1.29 is 4.79 Å². The summed E-state index contributed by atoms with van der Waals surface area (Å²) in [6.07, 6.45) is 0. The van der Waals surface area contributed by atoms with Crippen LogP contribution in [0.5, 0.6) is 0 Å². The topological polar surface area (TPSA) is 86.5 Å². The molecule has 0 saturated heterocycles. The zero-order valence-corrected chi connectivity index (χ0v) is 15.0. The van der Waals surface area contributed by atoms with Crippen LogP contribution in [0, 0.1) is 0 Å². The number of benzene rings is 2. The number of aromatic amines is 2. The summed E-state index contributed by atoms with van der Waals surface area (Å²) in [6.45, 7) is 0.512. The molecule has 1 amide bonds. The molecule has 0 aliphatic carbocycles. The van der Waals surface area contributed by atoms with E-state index in [9.17, 15) is 4.79 Å². The predicted molar refractivity (Wildman–Crippen MR) is 107 cm³/mol. The lowest BCUT2D eigenvalue weighted by Crippen LogP contribution is -2.22. The molecule has 0 bridgehead atoms. The predicted octanol–water partition coefficient (Wildman–Crippen LogP) is 4.10. The number of hydrogen-bond acceptors (Lipinski definition) is 4. The summed E-state index contributed by atoms with van der Waals surface area (Å²) in [6, 6.07) is 17.4. The third-order valence-electron chi connectivity index (χ3n) is 4.46. The van der Waals surface area contributed by atoms with Crippen LogP contribution in [-0.2, 0) is 6.54 Å². The molecule has 0 spiro atoms. The van der Waals surface area contributed by atoms with Crippen molar-refractivity contribution in [1.29, 1.82) is 0 Å². The Morgan fingerprint density at radius 3 is 2.89 bits per heavy atom. The largest absolute Gasteiger partial charge is 0.347 e. The van der Waals surface area contributed by atoms with Crippen molar-refractivity contribution in [3.05, 3.63) is 70.4 Å². The summed E-state index contributed by atoms with van der Waals surface area (Å²) >= 11 is 1.62. The SMILES string of the molecule is O=C(NCc1cccs1)c1cccc2nc(-c3n[nH]c4ccccc34)[nH]c12. The fourth-order valence-electron chi connectivity index (χ4n) is 3.15. The number of nitrogens with one attached hydrogen (secondary N) is 3. The summed E-state index contributed by atoms with van der Waals surface area (Å²) < 4.78 is 0. The van der Waals surface area contributed by atoms with E-state index in [-0.39, 0.29) is 5.91 Å². The number of H-pyrrole nitrogens is 2. The summed E-state index contributed by atoms with van der Waals surface area (Å²) in [4.78, 5) is 21.7. The molecular formula is C20H15N5OS. The molecule has 27 heavy (non-hydrogen) atoms. The number of para-hydroxylation sites is 2. The van der Waals surface area contributed by atoms with E-state index in [1.165, 1.54) is 0 Å². The minimum atomic E-state index is -0.129. The van der Waals surface area contributed by atoms with Gasteiger partial charge in [-0.15, -0.1) is 11.3 Å². The summed E-state index contributed by atoms with van der Waals surface area (Å²) in [5, 5.41) is 13.4. The Balaban J connectivity index is 1.52. The van der Waals surface area contributed by atoms with Crippen LogP contribution >= 0.6 is 11.3 Å². The maximum atomic E-state index is 12.7. The molecule has 6 nitrogen and oxygen atoms in total. The third-order valence-corrected chi connectivity index (χ3v) is 5.34. The van der Waals surface area contributed by atoms with E-state index in [1.54, 1.807) is 17.4 Å². The van der Waals surface area contributed by atoms with Crippen molar-refractivity contribution in [3.63, 3.8) is 0 Å². The molecule has 3 aromatic heterocycles. The maximum Gasteiger partial charge on any atom is 0.253 e. The zero-order valence-electron chi connectivity index (χ0n) is 14.2. The molecule has 132 valence electrons. The van der Waals surface area contributed by atoms with E-state index in [4.69, 9.17) is 0 Å². The Morgan fingerprint density at radius 2 is 2.00 bits per heavy atom. The first kappa shape index (κ1) is 15.8. The van der Waals surface area contributed by atoms with Gasteiger partial charge in [0.05, 0.1) is 28.7 Å². The van der Waals surface area contributed by atoms with E-state index < -0.39 is 0 Å². The average Bonchev–Trinajstić information content (AvgIpc) is 3.44. The number of carbonyl (C=O) groups excluding carboxylic acids is 1. The van der Waals surface area contributed by atoms with Crippen LogP contribution in [0.25, 0.3) is 33.5 Å². The molecular weight excluding hydrogens is 358 g/mol. The standard InChI is InChI=1S/C20H15N5OS/c26-20(21-11-12-5-4-10-27-12)14-7-3-9-16-17(14)23-19(22-16)18-13-6-1-2-8-15(13)24-25-18/h1-10H,11H2,(H,21,26)(H,22,23)(H,24,25). The number of carbonyl (C=O) groups is 1. The van der Waals surface area contributed by atoms with Gasteiger partial charge in [0.15, 0.2) is 5.82 Å². The van der Waals surface area contributed by atoms with Crippen LogP contribution < -0.4 is 5.32 Å². The number of fused-ring (bicyclic) bond motifs is 2. The lowest BCUT2D eigenvalue weighted by molar-refractivity contribution is 0.0953. The van der Waals surface area contributed by atoms with Crippen LogP contribution in [0.2, 0.25) is 0 Å². The molecule has 3 N–H and O–H groups in total. The van der Waals surface area contributed by atoms with Gasteiger partial charge in [-0.25, -0.2) is 4.98 Å². The van der Waals surface area contributed by atoms with E-state index in [2.05, 4.69) is 25.5 Å². The smallest absolute Gasteiger partial charge is 0.253 e. The molecule has 0 aliphatic rings. The van der Waals surface area contributed by atoms with E-state index in [1.807, 2.05) is 53.9 Å². The second kappa shape index (κ2) is 6.37. The van der Waals surface area contributed by atoms with E-state index >= 15 is 0 Å². The minimum absolute atomic E-state index is 0.129. The lowest BCUT2D eigenvalue weighted by Gasteiger charge is -2.04. The Hall–Kier alpha value is -3.45. The van der Waals surface area contributed by atoms with Gasteiger partial charge in [0.2, 0.25) is 0 Å². The van der Waals surface area contributed by atoms with Gasteiger partial charge in [-0.3, -0.25) is 9.89 Å². The first-order valence-corrected chi connectivity index (χ1v) is 9.40. The lowest BCUT2D eigenvalue weighted by atomic mass is 10.1. The van der Waals surface area contributed by atoms with Crippen LogP contribution in [0.1, 0.15) is 15.2 Å². The quantitative estimate of drug-likeness (QED) is 0.443. The van der Waals surface area contributed by atoms with Crippen molar-refractivity contribution in [2.45, 2.75) is 6.54 Å². The fraction of sp³-hybridized carbons (Fsp3) is 0.0500. The van der Waals surface area contributed by atoms with Gasteiger partial charge in [0, 0.05) is 10.3 Å². The van der Waals surface area contributed by atoms with Gasteiger partial charge in [-0.2, -0.15) is 5.10 Å². The number of aromatic nitrogens is 4. The Morgan fingerprint density at radius 1 is 1.07 bits per heavy atom. The highest BCUT2D eigenvalue weighted by Gasteiger charge is 2.16. The van der Waals surface area contributed by atoms with Crippen LogP contribution in [0.4, 0.5) is 0 Å². The number of nitrogens with zero attached hydrogens (tertiary/aromatic N) is 2.